The number of Topliss-reactive ketones (excluding diaryl/α,β-unsaturated/α-hetero) is 2. The van der Waals surface area contributed by atoms with Crippen molar-refractivity contribution in [2.45, 2.75) is 26.3 Å². The summed E-state index contributed by atoms with van der Waals surface area (Å²) in [6, 6.07) is 5.85. The Bertz CT molecular complexity index is 826. The molecule has 1 unspecified atom stereocenters. The van der Waals surface area contributed by atoms with Gasteiger partial charge in [0, 0.05) is 19.0 Å². The highest BCUT2D eigenvalue weighted by molar-refractivity contribution is 6.43. The van der Waals surface area contributed by atoms with Gasteiger partial charge in [0.15, 0.2) is 5.78 Å². The first-order valence-electron chi connectivity index (χ1n) is 8.04. The first kappa shape index (κ1) is 17.0. The summed E-state index contributed by atoms with van der Waals surface area (Å²) >= 11 is 0. The van der Waals surface area contributed by atoms with Gasteiger partial charge >= 0.3 is 0 Å². The zero-order valence-corrected chi connectivity index (χ0v) is 14.0. The van der Waals surface area contributed by atoms with Crippen molar-refractivity contribution in [1.29, 1.82) is 0 Å². The Kier molecular flexibility index (Phi) is 4.48. The number of nitrogens with zero attached hydrogens (tertiary/aromatic N) is 2. The summed E-state index contributed by atoms with van der Waals surface area (Å²) in [4.78, 5) is 45.0. The van der Waals surface area contributed by atoms with Gasteiger partial charge in [-0.1, -0.05) is 12.1 Å². The second-order valence-electron chi connectivity index (χ2n) is 6.38. The number of rotatable bonds is 5. The van der Waals surface area contributed by atoms with E-state index in [1.807, 2.05) is 0 Å². The van der Waals surface area contributed by atoms with E-state index in [0.29, 0.717) is 12.2 Å². The Morgan fingerprint density at radius 1 is 1.32 bits per heavy atom. The lowest BCUT2D eigenvalue weighted by atomic mass is 10.00. The molecule has 0 spiro atoms. The number of aromatic nitrogens is 2. The molecule has 0 radical (unpaired) electrons. The summed E-state index contributed by atoms with van der Waals surface area (Å²) in [5.74, 6) is -2.49. The van der Waals surface area contributed by atoms with Crippen LogP contribution in [0, 0.1) is 11.7 Å². The highest BCUT2D eigenvalue weighted by Gasteiger charge is 2.44. The number of hydrogen-bond acceptors (Lipinski definition) is 4. The number of carbonyl (C=O) groups is 3. The largest absolute Gasteiger partial charge is 0.339 e. The van der Waals surface area contributed by atoms with E-state index < -0.39 is 23.4 Å². The Morgan fingerprint density at radius 3 is 2.60 bits per heavy atom. The van der Waals surface area contributed by atoms with E-state index in [2.05, 4.69) is 9.97 Å². The van der Waals surface area contributed by atoms with Crippen LogP contribution in [0.4, 0.5) is 4.39 Å². The molecule has 1 aromatic heterocycles. The second kappa shape index (κ2) is 6.58. The van der Waals surface area contributed by atoms with Crippen molar-refractivity contribution in [1.82, 2.24) is 14.9 Å². The Morgan fingerprint density at radius 2 is 2.00 bits per heavy atom. The highest BCUT2D eigenvalue weighted by atomic mass is 19.1. The normalized spacial score (nSPS) is 17.6. The molecule has 1 atom stereocenters. The third-order valence-corrected chi connectivity index (χ3v) is 4.29. The van der Waals surface area contributed by atoms with E-state index in [0.717, 1.165) is 5.56 Å². The predicted molar refractivity (Wildman–Crippen MR) is 87.5 cm³/mol. The standard InChI is InChI=1S/C18H18FN3O3/c1-10(2)22-9-13(17(24)18(22)25)16(23)14-8-20-15(21-14)7-11-3-5-12(19)6-4-11/h3-6,8,10,13H,7,9H2,1-2H3,(H,20,21). The van der Waals surface area contributed by atoms with Crippen molar-refractivity contribution in [3.05, 3.63) is 53.4 Å². The molecule has 1 aliphatic rings. The van der Waals surface area contributed by atoms with Crippen LogP contribution in [-0.2, 0) is 16.0 Å². The number of hydrogen-bond donors (Lipinski definition) is 1. The monoisotopic (exact) mass is 343 g/mol. The Balaban J connectivity index is 1.73. The zero-order chi connectivity index (χ0) is 18.1. The van der Waals surface area contributed by atoms with Gasteiger partial charge in [-0.15, -0.1) is 0 Å². The number of aromatic amines is 1. The van der Waals surface area contributed by atoms with Crippen molar-refractivity contribution in [3.8, 4) is 0 Å². The van der Waals surface area contributed by atoms with Crippen LogP contribution in [-0.4, -0.2) is 44.9 Å². The molecule has 0 bridgehead atoms. The second-order valence-corrected chi connectivity index (χ2v) is 6.38. The summed E-state index contributed by atoms with van der Waals surface area (Å²) < 4.78 is 12.9. The van der Waals surface area contributed by atoms with Crippen LogP contribution >= 0.6 is 0 Å². The van der Waals surface area contributed by atoms with Crippen molar-refractivity contribution >= 4 is 17.5 Å². The third-order valence-electron chi connectivity index (χ3n) is 4.29. The quantitative estimate of drug-likeness (QED) is 0.509. The van der Waals surface area contributed by atoms with Gasteiger partial charge in [-0.25, -0.2) is 9.37 Å². The van der Waals surface area contributed by atoms with Crippen LogP contribution in [0.1, 0.15) is 35.7 Å². The topological polar surface area (TPSA) is 83.1 Å². The molecule has 1 N–H and O–H groups in total. The molecule has 1 aliphatic heterocycles. The number of ketones is 2. The van der Waals surface area contributed by atoms with Gasteiger partial charge in [-0.3, -0.25) is 14.4 Å². The number of H-pyrrole nitrogens is 1. The molecule has 2 heterocycles. The molecule has 1 saturated heterocycles. The van der Waals surface area contributed by atoms with Gasteiger partial charge in [-0.05, 0) is 31.5 Å². The smallest absolute Gasteiger partial charge is 0.291 e. The van der Waals surface area contributed by atoms with Crippen LogP contribution in [0.25, 0.3) is 0 Å². The minimum atomic E-state index is -0.992. The molecule has 6 nitrogen and oxygen atoms in total. The van der Waals surface area contributed by atoms with Gasteiger partial charge < -0.3 is 9.88 Å². The average Bonchev–Trinajstić information content (AvgIpc) is 3.15. The number of carbonyl (C=O) groups excluding carboxylic acids is 3. The lowest BCUT2D eigenvalue weighted by molar-refractivity contribution is -0.141. The molecular weight excluding hydrogens is 325 g/mol. The molecule has 3 rings (SSSR count). The fraction of sp³-hybridized carbons (Fsp3) is 0.333. The maximum absolute atomic E-state index is 12.9. The fourth-order valence-corrected chi connectivity index (χ4v) is 2.86. The molecule has 130 valence electrons. The predicted octanol–water partition coefficient (Wildman–Crippen LogP) is 1.76. The first-order chi connectivity index (χ1) is 11.9. The lowest BCUT2D eigenvalue weighted by Crippen LogP contribution is -2.33. The molecule has 1 aromatic carbocycles. The summed E-state index contributed by atoms with van der Waals surface area (Å²) in [6.07, 6.45) is 1.78. The molecule has 0 aliphatic carbocycles. The fourth-order valence-electron chi connectivity index (χ4n) is 2.86. The van der Waals surface area contributed by atoms with Crippen molar-refractivity contribution in [2.75, 3.05) is 6.54 Å². The van der Waals surface area contributed by atoms with E-state index in [1.165, 1.54) is 23.2 Å². The van der Waals surface area contributed by atoms with Crippen LogP contribution < -0.4 is 0 Å². The molecule has 25 heavy (non-hydrogen) atoms. The maximum atomic E-state index is 12.9. The summed E-state index contributed by atoms with van der Waals surface area (Å²) in [5.41, 5.74) is 1.04. The SMILES string of the molecule is CC(C)N1CC(C(=O)c2cnc(Cc3ccc(F)cc3)[nH]2)C(=O)C1=O. The van der Waals surface area contributed by atoms with Crippen molar-refractivity contribution < 1.29 is 18.8 Å². The number of benzene rings is 1. The molecular formula is C18H18FN3O3. The van der Waals surface area contributed by atoms with E-state index in [-0.39, 0.29) is 24.1 Å². The van der Waals surface area contributed by atoms with Crippen LogP contribution in [0.5, 0.6) is 0 Å². The van der Waals surface area contributed by atoms with Crippen LogP contribution in [0.2, 0.25) is 0 Å². The summed E-state index contributed by atoms with van der Waals surface area (Å²) in [7, 11) is 0. The molecule has 1 fully saturated rings. The van der Waals surface area contributed by atoms with E-state index >= 15 is 0 Å². The van der Waals surface area contributed by atoms with Crippen molar-refractivity contribution in [3.63, 3.8) is 0 Å². The maximum Gasteiger partial charge on any atom is 0.291 e. The minimum Gasteiger partial charge on any atom is -0.339 e. The van der Waals surface area contributed by atoms with E-state index in [9.17, 15) is 18.8 Å². The average molecular weight is 343 g/mol. The Hall–Kier alpha value is -2.83. The number of amides is 1. The van der Waals surface area contributed by atoms with Crippen LogP contribution in [0.3, 0.4) is 0 Å². The van der Waals surface area contributed by atoms with E-state index in [4.69, 9.17) is 0 Å². The third kappa shape index (κ3) is 3.35. The summed E-state index contributed by atoms with van der Waals surface area (Å²) in [6.45, 7) is 3.70. The molecule has 7 heteroatoms. The van der Waals surface area contributed by atoms with Crippen molar-refractivity contribution in [2.24, 2.45) is 5.92 Å². The number of likely N-dealkylation sites (tertiary alicyclic amines) is 1. The lowest BCUT2D eigenvalue weighted by Gasteiger charge is -2.19. The van der Waals surface area contributed by atoms with Gasteiger partial charge in [-0.2, -0.15) is 0 Å². The van der Waals surface area contributed by atoms with Gasteiger partial charge in [0.1, 0.15) is 23.3 Å². The van der Waals surface area contributed by atoms with E-state index in [1.54, 1.807) is 26.0 Å². The number of imidazole rings is 1. The highest BCUT2D eigenvalue weighted by Crippen LogP contribution is 2.21. The van der Waals surface area contributed by atoms with Gasteiger partial charge in [0.2, 0.25) is 5.78 Å². The number of halogens is 1. The number of nitrogens with one attached hydrogen (secondary N) is 1. The Labute approximate surface area is 144 Å². The molecule has 2 aromatic rings. The first-order valence-corrected chi connectivity index (χ1v) is 8.04. The zero-order valence-electron chi connectivity index (χ0n) is 14.0. The van der Waals surface area contributed by atoms with Gasteiger partial charge in [0.25, 0.3) is 5.91 Å². The van der Waals surface area contributed by atoms with Crippen LogP contribution in [0.15, 0.2) is 30.5 Å². The minimum absolute atomic E-state index is 0.0977. The van der Waals surface area contributed by atoms with Gasteiger partial charge in [0.05, 0.1) is 6.20 Å². The molecule has 0 saturated carbocycles. The summed E-state index contributed by atoms with van der Waals surface area (Å²) in [5, 5.41) is 0. The molecule has 1 amide bonds.